The average molecular weight is 220 g/mol. The first-order valence-electron chi connectivity index (χ1n) is 4.33. The zero-order chi connectivity index (χ0) is 10.7. The Labute approximate surface area is 90.3 Å². The number of carboxylic acids is 1. The minimum atomic E-state index is -0.877. The topological polar surface area (TPSA) is 63.1 Å². The number of nitrogens with zero attached hydrogens (tertiary/aromatic N) is 2. The van der Waals surface area contributed by atoms with Gasteiger partial charge in [-0.05, 0) is 12.1 Å². The predicted octanol–water partition coefficient (Wildman–Crippen LogP) is 1.83. The second-order valence-electron chi connectivity index (χ2n) is 2.91. The van der Waals surface area contributed by atoms with E-state index in [1.165, 1.54) is 11.3 Å². The first-order valence-corrected chi connectivity index (χ1v) is 5.21. The van der Waals surface area contributed by atoms with Crippen LogP contribution in [0.3, 0.4) is 0 Å². The standard InChI is InChI=1S/C10H8N2O2S/c13-9(14)5-8-10(15-6-12-8)7-3-1-2-4-11-7/h1-4,6H,5H2,(H,13,14). The number of carbonyl (C=O) groups is 1. The molecule has 5 heteroatoms. The number of pyridine rings is 1. The third-order valence-electron chi connectivity index (χ3n) is 1.86. The largest absolute Gasteiger partial charge is 0.481 e. The normalized spacial score (nSPS) is 10.1. The fourth-order valence-electron chi connectivity index (χ4n) is 1.24. The lowest BCUT2D eigenvalue weighted by Crippen LogP contribution is -2.01. The Morgan fingerprint density at radius 2 is 2.27 bits per heavy atom. The van der Waals surface area contributed by atoms with E-state index in [-0.39, 0.29) is 6.42 Å². The van der Waals surface area contributed by atoms with Crippen LogP contribution in [0.1, 0.15) is 5.69 Å². The van der Waals surface area contributed by atoms with Crippen LogP contribution < -0.4 is 0 Å². The Hall–Kier alpha value is -1.75. The molecule has 0 aromatic carbocycles. The van der Waals surface area contributed by atoms with Crippen molar-refractivity contribution in [2.24, 2.45) is 0 Å². The predicted molar refractivity (Wildman–Crippen MR) is 56.7 cm³/mol. The maximum atomic E-state index is 10.6. The fourth-order valence-corrected chi connectivity index (χ4v) is 2.03. The monoisotopic (exact) mass is 220 g/mol. The van der Waals surface area contributed by atoms with Gasteiger partial charge in [-0.3, -0.25) is 9.78 Å². The first kappa shape index (κ1) is 9.79. The first-order chi connectivity index (χ1) is 7.27. The molecular formula is C10H8N2O2S. The summed E-state index contributed by atoms with van der Waals surface area (Å²) in [4.78, 5) is 19.6. The molecule has 76 valence electrons. The van der Waals surface area contributed by atoms with Crippen molar-refractivity contribution in [2.75, 3.05) is 0 Å². The van der Waals surface area contributed by atoms with E-state index >= 15 is 0 Å². The number of hydrogen-bond acceptors (Lipinski definition) is 4. The van der Waals surface area contributed by atoms with Gasteiger partial charge >= 0.3 is 5.97 Å². The molecule has 0 bridgehead atoms. The van der Waals surface area contributed by atoms with Gasteiger partial charge in [-0.15, -0.1) is 11.3 Å². The number of thiazole rings is 1. The van der Waals surface area contributed by atoms with E-state index in [9.17, 15) is 4.79 Å². The summed E-state index contributed by atoms with van der Waals surface area (Å²) in [6, 6.07) is 5.53. The molecule has 0 aliphatic heterocycles. The van der Waals surface area contributed by atoms with Gasteiger partial charge in [0.05, 0.1) is 28.2 Å². The number of aromatic nitrogens is 2. The molecule has 0 spiro atoms. The Kier molecular flexibility index (Phi) is 2.73. The lowest BCUT2D eigenvalue weighted by Gasteiger charge is -1.98. The van der Waals surface area contributed by atoms with Crippen molar-refractivity contribution in [1.29, 1.82) is 0 Å². The molecule has 2 aromatic heterocycles. The van der Waals surface area contributed by atoms with Crippen LogP contribution in [-0.4, -0.2) is 21.0 Å². The smallest absolute Gasteiger partial charge is 0.309 e. The fraction of sp³-hybridized carbons (Fsp3) is 0.100. The zero-order valence-electron chi connectivity index (χ0n) is 7.75. The van der Waals surface area contributed by atoms with Gasteiger partial charge in [-0.25, -0.2) is 4.98 Å². The number of aliphatic carboxylic acids is 1. The molecule has 0 aliphatic rings. The molecule has 2 rings (SSSR count). The third kappa shape index (κ3) is 2.19. The van der Waals surface area contributed by atoms with Gasteiger partial charge in [-0.2, -0.15) is 0 Å². The van der Waals surface area contributed by atoms with E-state index in [0.717, 1.165) is 10.6 Å². The lowest BCUT2D eigenvalue weighted by atomic mass is 10.2. The molecule has 2 heterocycles. The zero-order valence-corrected chi connectivity index (χ0v) is 8.57. The lowest BCUT2D eigenvalue weighted by molar-refractivity contribution is -0.136. The van der Waals surface area contributed by atoms with Crippen LogP contribution in [0.25, 0.3) is 10.6 Å². The molecular weight excluding hydrogens is 212 g/mol. The van der Waals surface area contributed by atoms with Gasteiger partial charge in [0, 0.05) is 6.20 Å². The summed E-state index contributed by atoms with van der Waals surface area (Å²) in [5.41, 5.74) is 2.99. The summed E-state index contributed by atoms with van der Waals surface area (Å²) in [6.07, 6.45) is 1.62. The summed E-state index contributed by atoms with van der Waals surface area (Å²) in [7, 11) is 0. The van der Waals surface area contributed by atoms with Crippen molar-refractivity contribution in [1.82, 2.24) is 9.97 Å². The van der Waals surface area contributed by atoms with Crippen molar-refractivity contribution in [3.8, 4) is 10.6 Å². The van der Waals surface area contributed by atoms with Crippen LogP contribution in [0.15, 0.2) is 29.9 Å². The van der Waals surface area contributed by atoms with E-state index < -0.39 is 5.97 Å². The SMILES string of the molecule is O=C(O)Cc1ncsc1-c1ccccn1. The molecule has 0 amide bonds. The summed E-state index contributed by atoms with van der Waals surface area (Å²) < 4.78 is 0. The van der Waals surface area contributed by atoms with Crippen LogP contribution in [0, 0.1) is 0 Å². The van der Waals surface area contributed by atoms with E-state index in [1.807, 2.05) is 18.2 Å². The molecule has 0 aliphatic carbocycles. The molecule has 0 saturated heterocycles. The van der Waals surface area contributed by atoms with Gasteiger partial charge in [0.25, 0.3) is 0 Å². The summed E-state index contributed by atoms with van der Waals surface area (Å²) in [5.74, 6) is -0.877. The molecule has 0 radical (unpaired) electrons. The highest BCUT2D eigenvalue weighted by Gasteiger charge is 2.12. The van der Waals surface area contributed by atoms with Crippen molar-refractivity contribution >= 4 is 17.3 Å². The number of carboxylic acid groups (broad SMARTS) is 1. The summed E-state index contributed by atoms with van der Waals surface area (Å²) in [5, 5.41) is 8.70. The maximum Gasteiger partial charge on any atom is 0.309 e. The van der Waals surface area contributed by atoms with Crippen LogP contribution in [0.2, 0.25) is 0 Å². The summed E-state index contributed by atoms with van der Waals surface area (Å²) in [6.45, 7) is 0. The molecule has 15 heavy (non-hydrogen) atoms. The molecule has 0 atom stereocenters. The van der Waals surface area contributed by atoms with E-state index in [1.54, 1.807) is 11.7 Å². The van der Waals surface area contributed by atoms with Crippen LogP contribution in [0.5, 0.6) is 0 Å². The second-order valence-corrected chi connectivity index (χ2v) is 3.77. The highest BCUT2D eigenvalue weighted by atomic mass is 32.1. The van der Waals surface area contributed by atoms with Gasteiger partial charge < -0.3 is 5.11 Å². The average Bonchev–Trinajstić information content (AvgIpc) is 2.66. The van der Waals surface area contributed by atoms with Gasteiger partial charge in [0.1, 0.15) is 0 Å². The minimum absolute atomic E-state index is 0.0601. The van der Waals surface area contributed by atoms with Crippen molar-refractivity contribution < 1.29 is 9.90 Å². The minimum Gasteiger partial charge on any atom is -0.481 e. The molecule has 0 saturated carbocycles. The Morgan fingerprint density at radius 1 is 1.40 bits per heavy atom. The molecule has 2 aromatic rings. The van der Waals surface area contributed by atoms with E-state index in [0.29, 0.717) is 5.69 Å². The van der Waals surface area contributed by atoms with Gasteiger partial charge in [-0.1, -0.05) is 6.07 Å². The molecule has 1 N–H and O–H groups in total. The van der Waals surface area contributed by atoms with Crippen LogP contribution in [-0.2, 0) is 11.2 Å². The maximum absolute atomic E-state index is 10.6. The highest BCUT2D eigenvalue weighted by Crippen LogP contribution is 2.25. The van der Waals surface area contributed by atoms with Gasteiger partial charge in [0.2, 0.25) is 0 Å². The van der Waals surface area contributed by atoms with Crippen LogP contribution >= 0.6 is 11.3 Å². The van der Waals surface area contributed by atoms with E-state index in [2.05, 4.69) is 9.97 Å². The van der Waals surface area contributed by atoms with Crippen molar-refractivity contribution in [3.05, 3.63) is 35.6 Å². The third-order valence-corrected chi connectivity index (χ3v) is 2.75. The number of hydrogen-bond donors (Lipinski definition) is 1. The van der Waals surface area contributed by atoms with E-state index in [4.69, 9.17) is 5.11 Å². The molecule has 4 nitrogen and oxygen atoms in total. The van der Waals surface area contributed by atoms with Crippen LogP contribution in [0.4, 0.5) is 0 Å². The molecule has 0 unspecified atom stereocenters. The Bertz CT molecular complexity index is 467. The second kappa shape index (κ2) is 4.18. The summed E-state index contributed by atoms with van der Waals surface area (Å²) >= 11 is 1.41. The Balaban J connectivity index is 2.37. The van der Waals surface area contributed by atoms with Gasteiger partial charge in [0.15, 0.2) is 0 Å². The molecule has 0 fully saturated rings. The van der Waals surface area contributed by atoms with Crippen molar-refractivity contribution in [3.63, 3.8) is 0 Å². The highest BCUT2D eigenvalue weighted by molar-refractivity contribution is 7.13. The van der Waals surface area contributed by atoms with Crippen molar-refractivity contribution in [2.45, 2.75) is 6.42 Å². The Morgan fingerprint density at radius 3 is 2.93 bits per heavy atom. The quantitative estimate of drug-likeness (QED) is 0.857. The number of rotatable bonds is 3.